The lowest BCUT2D eigenvalue weighted by atomic mass is 9.99. The summed E-state index contributed by atoms with van der Waals surface area (Å²) in [5, 5.41) is 3.37. The normalized spacial score (nSPS) is 10.9. The van der Waals surface area contributed by atoms with Gasteiger partial charge < -0.3 is 16.8 Å². The smallest absolute Gasteiger partial charge is 0.222 e. The summed E-state index contributed by atoms with van der Waals surface area (Å²) >= 11 is 3.42. The first-order valence-electron chi connectivity index (χ1n) is 7.15. The van der Waals surface area contributed by atoms with Gasteiger partial charge in [0.2, 0.25) is 5.91 Å². The van der Waals surface area contributed by atoms with Gasteiger partial charge in [-0.3, -0.25) is 4.79 Å². The van der Waals surface area contributed by atoms with Gasteiger partial charge in [-0.25, -0.2) is 0 Å². The van der Waals surface area contributed by atoms with Crippen molar-refractivity contribution in [2.45, 2.75) is 13.0 Å². The van der Waals surface area contributed by atoms with Gasteiger partial charge in [-0.1, -0.05) is 40.2 Å². The lowest BCUT2D eigenvalue weighted by Crippen LogP contribution is -2.31. The lowest BCUT2D eigenvalue weighted by Gasteiger charge is -2.12. The van der Waals surface area contributed by atoms with Crippen molar-refractivity contribution >= 4 is 52.3 Å². The Labute approximate surface area is 163 Å². The van der Waals surface area contributed by atoms with Crippen LogP contribution in [0.25, 0.3) is 0 Å². The molecule has 1 unspecified atom stereocenters. The van der Waals surface area contributed by atoms with Crippen molar-refractivity contribution in [2.24, 2.45) is 17.4 Å². The number of primary amides is 1. The maximum absolute atomic E-state index is 11.2. The van der Waals surface area contributed by atoms with Gasteiger partial charge in [-0.05, 0) is 41.8 Å². The zero-order valence-electron chi connectivity index (χ0n) is 13.1. The number of hydrogen-bond donors (Lipinski definition) is 3. The molecule has 5 N–H and O–H groups in total. The van der Waals surface area contributed by atoms with E-state index >= 15 is 0 Å². The number of carbonyl (C=O) groups excluding carboxylic acids is 1. The van der Waals surface area contributed by atoms with Crippen molar-refractivity contribution in [1.29, 1.82) is 0 Å². The number of hydrogen-bond acceptors (Lipinski definition) is 3. The Morgan fingerprint density at radius 1 is 1.00 bits per heavy atom. The van der Waals surface area contributed by atoms with Crippen molar-refractivity contribution in [3.63, 3.8) is 0 Å². The lowest BCUT2D eigenvalue weighted by molar-refractivity contribution is -0.121. The van der Waals surface area contributed by atoms with Crippen LogP contribution in [0.2, 0.25) is 0 Å². The van der Waals surface area contributed by atoms with Crippen molar-refractivity contribution in [3.05, 3.63) is 64.1 Å². The van der Waals surface area contributed by atoms with Crippen LogP contribution in [-0.4, -0.2) is 12.5 Å². The topological polar surface area (TPSA) is 81.1 Å². The van der Waals surface area contributed by atoms with Crippen LogP contribution in [-0.2, 0) is 17.8 Å². The molecular weight excluding hydrogens is 413 g/mol. The van der Waals surface area contributed by atoms with Crippen molar-refractivity contribution in [1.82, 2.24) is 0 Å². The molecule has 0 aliphatic rings. The first kappa shape index (κ1) is 22.7. The summed E-state index contributed by atoms with van der Waals surface area (Å²) in [5.41, 5.74) is 14.2. The Morgan fingerprint density at radius 3 is 2.04 bits per heavy atom. The number of carbonyl (C=O) groups is 1. The minimum Gasteiger partial charge on any atom is -0.381 e. The first-order valence-corrected chi connectivity index (χ1v) is 7.94. The van der Waals surface area contributed by atoms with Crippen LogP contribution in [0, 0.1) is 5.92 Å². The Kier molecular flexibility index (Phi) is 10.7. The van der Waals surface area contributed by atoms with Gasteiger partial charge in [0.25, 0.3) is 0 Å². The summed E-state index contributed by atoms with van der Waals surface area (Å²) in [6.45, 7) is 1.04. The largest absolute Gasteiger partial charge is 0.381 e. The molecule has 4 nitrogen and oxygen atoms in total. The summed E-state index contributed by atoms with van der Waals surface area (Å²) in [6, 6.07) is 16.2. The number of nitrogens with two attached hydrogens (primary N) is 2. The molecule has 0 spiro atoms. The summed E-state index contributed by atoms with van der Waals surface area (Å²) in [5.74, 6) is -0.651. The Bertz CT molecular complexity index is 621. The molecule has 7 heteroatoms. The van der Waals surface area contributed by atoms with E-state index in [2.05, 4.69) is 33.4 Å². The zero-order valence-corrected chi connectivity index (χ0v) is 16.3. The SMILES string of the molecule is Cl.Cl.NCC(Cc1ccc(NCc2ccc(Br)cc2)cc1)C(N)=O. The van der Waals surface area contributed by atoms with Gasteiger partial charge >= 0.3 is 0 Å². The molecule has 0 fully saturated rings. The van der Waals surface area contributed by atoms with Gasteiger partial charge in [0.05, 0.1) is 5.92 Å². The van der Waals surface area contributed by atoms with Crippen LogP contribution in [0.4, 0.5) is 5.69 Å². The van der Waals surface area contributed by atoms with E-state index in [1.807, 2.05) is 36.4 Å². The molecule has 0 aliphatic heterocycles. The second-order valence-electron chi connectivity index (χ2n) is 5.22. The highest BCUT2D eigenvalue weighted by atomic mass is 79.9. The zero-order chi connectivity index (χ0) is 15.9. The molecule has 2 aromatic rings. The third-order valence-corrected chi connectivity index (χ3v) is 4.06. The number of amides is 1. The highest BCUT2D eigenvalue weighted by Gasteiger charge is 2.13. The fraction of sp³-hybridized carbons (Fsp3) is 0.235. The van der Waals surface area contributed by atoms with E-state index in [0.29, 0.717) is 6.42 Å². The van der Waals surface area contributed by atoms with Crippen molar-refractivity contribution in [2.75, 3.05) is 11.9 Å². The fourth-order valence-electron chi connectivity index (χ4n) is 2.15. The summed E-state index contributed by atoms with van der Waals surface area (Å²) < 4.78 is 1.07. The number of anilines is 1. The van der Waals surface area contributed by atoms with Gasteiger partial charge in [-0.15, -0.1) is 24.8 Å². The van der Waals surface area contributed by atoms with E-state index in [0.717, 1.165) is 22.3 Å². The van der Waals surface area contributed by atoms with E-state index in [1.54, 1.807) is 0 Å². The standard InChI is InChI=1S/C17H20BrN3O.2ClH/c18-15-5-1-13(2-6-15)11-21-16-7-3-12(4-8-16)9-14(10-19)17(20)22;;/h1-8,14,21H,9-11,19H2,(H2,20,22);2*1H. The predicted molar refractivity (Wildman–Crippen MR) is 108 cm³/mol. The van der Waals surface area contributed by atoms with Crippen LogP contribution in [0.3, 0.4) is 0 Å². The summed E-state index contributed by atoms with van der Waals surface area (Å²) in [7, 11) is 0. The molecular formula is C17H22BrCl2N3O. The van der Waals surface area contributed by atoms with Gasteiger partial charge in [-0.2, -0.15) is 0 Å². The van der Waals surface area contributed by atoms with Gasteiger partial charge in [0.1, 0.15) is 0 Å². The monoisotopic (exact) mass is 433 g/mol. The molecule has 0 aliphatic carbocycles. The maximum Gasteiger partial charge on any atom is 0.222 e. The predicted octanol–water partition coefficient (Wildman–Crippen LogP) is 3.51. The quantitative estimate of drug-likeness (QED) is 0.623. The summed E-state index contributed by atoms with van der Waals surface area (Å²) in [6.07, 6.45) is 0.582. The van der Waals surface area contributed by atoms with Gasteiger partial charge in [0, 0.05) is 23.2 Å². The van der Waals surface area contributed by atoms with E-state index < -0.39 is 0 Å². The van der Waals surface area contributed by atoms with Crippen LogP contribution < -0.4 is 16.8 Å². The Morgan fingerprint density at radius 2 is 1.54 bits per heavy atom. The number of benzene rings is 2. The van der Waals surface area contributed by atoms with Crippen LogP contribution in [0.5, 0.6) is 0 Å². The van der Waals surface area contributed by atoms with E-state index in [1.165, 1.54) is 5.56 Å². The Balaban J connectivity index is 0.00000264. The highest BCUT2D eigenvalue weighted by molar-refractivity contribution is 9.10. The average Bonchev–Trinajstić information content (AvgIpc) is 2.53. The third kappa shape index (κ3) is 7.09. The van der Waals surface area contributed by atoms with Gasteiger partial charge in [0.15, 0.2) is 0 Å². The Hall–Kier alpha value is -1.27. The molecule has 1 atom stereocenters. The number of nitrogens with one attached hydrogen (secondary N) is 1. The third-order valence-electron chi connectivity index (χ3n) is 3.53. The first-order chi connectivity index (χ1) is 10.6. The van der Waals surface area contributed by atoms with E-state index in [4.69, 9.17) is 11.5 Å². The highest BCUT2D eigenvalue weighted by Crippen LogP contribution is 2.15. The summed E-state index contributed by atoms with van der Waals surface area (Å²) in [4.78, 5) is 11.2. The molecule has 0 saturated heterocycles. The molecule has 0 radical (unpaired) electrons. The molecule has 1 amide bonds. The molecule has 0 heterocycles. The molecule has 2 aromatic carbocycles. The number of rotatable bonds is 7. The molecule has 0 saturated carbocycles. The molecule has 0 bridgehead atoms. The second kappa shape index (κ2) is 11.3. The number of halogens is 3. The minimum absolute atomic E-state index is 0. The van der Waals surface area contributed by atoms with Crippen LogP contribution >= 0.6 is 40.7 Å². The fourth-order valence-corrected chi connectivity index (χ4v) is 2.41. The molecule has 2 rings (SSSR count). The van der Waals surface area contributed by atoms with Crippen molar-refractivity contribution in [3.8, 4) is 0 Å². The molecule has 24 heavy (non-hydrogen) atoms. The van der Waals surface area contributed by atoms with Crippen molar-refractivity contribution < 1.29 is 4.79 Å². The van der Waals surface area contributed by atoms with E-state index in [9.17, 15) is 4.79 Å². The van der Waals surface area contributed by atoms with E-state index in [-0.39, 0.29) is 43.2 Å². The van der Waals surface area contributed by atoms with Crippen LogP contribution in [0.1, 0.15) is 11.1 Å². The maximum atomic E-state index is 11.2. The molecule has 132 valence electrons. The minimum atomic E-state index is -0.347. The van der Waals surface area contributed by atoms with Crippen LogP contribution in [0.15, 0.2) is 53.0 Å². The average molecular weight is 435 g/mol. The second-order valence-corrected chi connectivity index (χ2v) is 6.13. The molecule has 0 aromatic heterocycles.